The van der Waals surface area contributed by atoms with Gasteiger partial charge in [0.15, 0.2) is 0 Å². The predicted molar refractivity (Wildman–Crippen MR) is 127 cm³/mol. The predicted octanol–water partition coefficient (Wildman–Crippen LogP) is 4.08. The minimum absolute atomic E-state index is 0.112. The largest absolute Gasteiger partial charge is 0.491 e. The van der Waals surface area contributed by atoms with Crippen molar-refractivity contribution < 1.29 is 13.5 Å². The number of nitrogens with one attached hydrogen (secondary N) is 1. The van der Waals surface area contributed by atoms with Gasteiger partial charge in [-0.2, -0.15) is 5.10 Å². The summed E-state index contributed by atoms with van der Waals surface area (Å²) in [7, 11) is 0. The number of rotatable bonds is 8. The molecule has 2 aromatic heterocycles. The van der Waals surface area contributed by atoms with Crippen LogP contribution in [0.1, 0.15) is 42.6 Å². The molecule has 1 unspecified atom stereocenters. The lowest BCUT2D eigenvalue weighted by molar-refractivity contribution is 0.0667. The average Bonchev–Trinajstić information content (AvgIpc) is 3.34. The molecule has 3 aliphatic rings. The van der Waals surface area contributed by atoms with Gasteiger partial charge < -0.3 is 4.74 Å². The molecule has 1 saturated heterocycles. The van der Waals surface area contributed by atoms with Gasteiger partial charge in [-0.1, -0.05) is 6.07 Å². The highest BCUT2D eigenvalue weighted by Gasteiger charge is 2.48. The van der Waals surface area contributed by atoms with Crippen LogP contribution in [-0.2, 0) is 6.42 Å². The summed E-state index contributed by atoms with van der Waals surface area (Å²) in [4.78, 5) is 9.27. The van der Waals surface area contributed by atoms with Gasteiger partial charge >= 0.3 is 0 Å². The van der Waals surface area contributed by atoms with Crippen LogP contribution in [0.4, 0.5) is 8.78 Å². The molecule has 0 radical (unpaired) electrons. The number of pyridine rings is 1. The molecule has 3 aromatic rings. The topological polar surface area (TPSA) is 57.3 Å². The molecule has 2 aliphatic heterocycles. The van der Waals surface area contributed by atoms with Crippen molar-refractivity contribution in [1.29, 1.82) is 0 Å². The molecule has 0 spiro atoms. The molecule has 34 heavy (non-hydrogen) atoms. The number of halogens is 2. The van der Waals surface area contributed by atoms with E-state index in [9.17, 15) is 8.78 Å². The van der Waals surface area contributed by atoms with Crippen LogP contribution in [0.2, 0.25) is 0 Å². The summed E-state index contributed by atoms with van der Waals surface area (Å²) >= 11 is 0. The smallest absolute Gasteiger partial charge is 0.137 e. The zero-order valence-corrected chi connectivity index (χ0v) is 19.5. The summed E-state index contributed by atoms with van der Waals surface area (Å²) in [5.74, 6) is 0.906. The number of likely N-dealkylation sites (tertiary alicyclic amines) is 1. The lowest BCUT2D eigenvalue weighted by atomic mass is 9.85. The molecule has 4 heterocycles. The molecule has 1 aromatic carbocycles. The van der Waals surface area contributed by atoms with E-state index in [2.05, 4.69) is 39.1 Å². The molecule has 0 bridgehead atoms. The maximum atomic E-state index is 15.0. The van der Waals surface area contributed by atoms with Gasteiger partial charge in [0.25, 0.3) is 0 Å². The third-order valence-electron chi connectivity index (χ3n) is 7.69. The molecule has 1 aliphatic carbocycles. The second-order valence-corrected chi connectivity index (χ2v) is 10.3. The van der Waals surface area contributed by atoms with E-state index in [-0.39, 0.29) is 24.7 Å². The fourth-order valence-corrected chi connectivity index (χ4v) is 5.51. The Morgan fingerprint density at radius 2 is 2.03 bits per heavy atom. The fraction of sp³-hybridized carbons (Fsp3) is 0.538. The highest BCUT2D eigenvalue weighted by molar-refractivity contribution is 5.83. The number of H-pyrrole nitrogens is 1. The van der Waals surface area contributed by atoms with Gasteiger partial charge in [0.05, 0.1) is 36.3 Å². The van der Waals surface area contributed by atoms with Gasteiger partial charge in [0, 0.05) is 43.5 Å². The number of alkyl halides is 2. The second kappa shape index (κ2) is 8.57. The number of fused-ring (bicyclic) bond motifs is 3. The van der Waals surface area contributed by atoms with Gasteiger partial charge in [0.1, 0.15) is 18.0 Å². The summed E-state index contributed by atoms with van der Waals surface area (Å²) in [5, 5.41) is 8.44. The van der Waals surface area contributed by atoms with Crippen LogP contribution in [-0.4, -0.2) is 76.2 Å². The molecule has 0 amide bonds. The number of ether oxygens (including phenoxy) is 1. The van der Waals surface area contributed by atoms with Crippen molar-refractivity contribution in [1.82, 2.24) is 25.0 Å². The Labute approximate surface area is 198 Å². The van der Waals surface area contributed by atoms with Crippen molar-refractivity contribution >= 4 is 10.9 Å². The summed E-state index contributed by atoms with van der Waals surface area (Å²) in [6.07, 6.45) is 5.80. The van der Waals surface area contributed by atoms with Crippen LogP contribution in [0.15, 0.2) is 36.7 Å². The number of aromatic nitrogens is 3. The number of nitrogens with zero attached hydrogens (tertiary/aromatic N) is 4. The summed E-state index contributed by atoms with van der Waals surface area (Å²) in [5.41, 5.74) is 3.30. The first-order chi connectivity index (χ1) is 16.5. The van der Waals surface area contributed by atoms with E-state index in [1.54, 1.807) is 6.20 Å². The SMILES string of the molecule is C[C@@H]1Cc2c(ccc3[nH]ncc23)C(c2ccc(OCCN3CC(CF)C3)cn2)N1CC1(F)CC1. The molecule has 180 valence electrons. The van der Waals surface area contributed by atoms with Crippen LogP contribution < -0.4 is 4.74 Å². The second-order valence-electron chi connectivity index (χ2n) is 10.3. The van der Waals surface area contributed by atoms with Crippen LogP contribution in [0.25, 0.3) is 10.9 Å². The lowest BCUT2D eigenvalue weighted by Crippen LogP contribution is -2.49. The first kappa shape index (κ1) is 21.9. The van der Waals surface area contributed by atoms with E-state index in [1.807, 2.05) is 18.3 Å². The molecular weight excluding hydrogens is 436 g/mol. The Morgan fingerprint density at radius 1 is 1.18 bits per heavy atom. The van der Waals surface area contributed by atoms with Crippen LogP contribution in [0.5, 0.6) is 5.75 Å². The highest BCUT2D eigenvalue weighted by Crippen LogP contribution is 2.46. The number of hydrogen-bond donors (Lipinski definition) is 1. The van der Waals surface area contributed by atoms with Gasteiger partial charge in [-0.25, -0.2) is 4.39 Å². The highest BCUT2D eigenvalue weighted by atomic mass is 19.1. The molecular formula is C26H31F2N5O. The zero-order valence-electron chi connectivity index (χ0n) is 19.5. The zero-order chi connectivity index (χ0) is 23.3. The van der Waals surface area contributed by atoms with E-state index in [1.165, 1.54) is 11.1 Å². The van der Waals surface area contributed by atoms with Crippen LogP contribution in [0, 0.1) is 5.92 Å². The third kappa shape index (κ3) is 4.07. The van der Waals surface area contributed by atoms with Gasteiger partial charge in [-0.15, -0.1) is 0 Å². The number of benzene rings is 1. The Morgan fingerprint density at radius 3 is 2.76 bits per heavy atom. The fourth-order valence-electron chi connectivity index (χ4n) is 5.51. The van der Waals surface area contributed by atoms with Crippen LogP contribution >= 0.6 is 0 Å². The quantitative estimate of drug-likeness (QED) is 0.541. The summed E-state index contributed by atoms with van der Waals surface area (Å²) in [6.45, 7) is 5.34. The van der Waals surface area contributed by atoms with Crippen molar-refractivity contribution in [3.05, 3.63) is 53.5 Å². The van der Waals surface area contributed by atoms with Gasteiger partial charge in [-0.05, 0) is 55.5 Å². The Hall–Kier alpha value is -2.58. The van der Waals surface area contributed by atoms with E-state index in [0.717, 1.165) is 48.4 Å². The summed E-state index contributed by atoms with van der Waals surface area (Å²) < 4.78 is 33.4. The van der Waals surface area contributed by atoms with Crippen molar-refractivity contribution in [2.24, 2.45) is 5.92 Å². The van der Waals surface area contributed by atoms with Gasteiger partial charge in [-0.3, -0.25) is 24.3 Å². The minimum Gasteiger partial charge on any atom is -0.491 e. The Kier molecular flexibility index (Phi) is 5.53. The van der Waals surface area contributed by atoms with E-state index < -0.39 is 5.67 Å². The van der Waals surface area contributed by atoms with E-state index in [0.29, 0.717) is 26.0 Å². The maximum absolute atomic E-state index is 15.0. The van der Waals surface area contributed by atoms with Crippen molar-refractivity contribution in [3.8, 4) is 5.75 Å². The Bertz CT molecular complexity index is 1160. The lowest BCUT2D eigenvalue weighted by Gasteiger charge is -2.42. The molecule has 8 heteroatoms. The first-order valence-electron chi connectivity index (χ1n) is 12.3. The molecule has 6 rings (SSSR count). The molecule has 1 saturated carbocycles. The van der Waals surface area contributed by atoms with Crippen molar-refractivity contribution in [2.45, 2.75) is 43.9 Å². The molecule has 2 fully saturated rings. The van der Waals surface area contributed by atoms with Crippen molar-refractivity contribution in [2.75, 3.05) is 39.5 Å². The average molecular weight is 468 g/mol. The van der Waals surface area contributed by atoms with E-state index in [4.69, 9.17) is 9.72 Å². The molecule has 1 N–H and O–H groups in total. The Balaban J connectivity index is 1.24. The molecule has 2 atom stereocenters. The van der Waals surface area contributed by atoms with Gasteiger partial charge in [0.2, 0.25) is 0 Å². The summed E-state index contributed by atoms with van der Waals surface area (Å²) in [6, 6.07) is 8.24. The third-order valence-corrected chi connectivity index (χ3v) is 7.69. The minimum atomic E-state index is -1.08. The maximum Gasteiger partial charge on any atom is 0.137 e. The van der Waals surface area contributed by atoms with Crippen LogP contribution in [0.3, 0.4) is 0 Å². The monoisotopic (exact) mass is 467 g/mol. The van der Waals surface area contributed by atoms with Crippen molar-refractivity contribution in [3.63, 3.8) is 0 Å². The van der Waals surface area contributed by atoms with E-state index >= 15 is 0 Å². The number of aromatic amines is 1. The number of hydrogen-bond acceptors (Lipinski definition) is 5. The standard InChI is InChI=1S/C26H31F2N5O/c1-17-10-21-20(3-5-23-22(21)13-30-31-23)25(33(17)16-26(28)6-7-26)24-4-2-19(12-29-24)34-9-8-32-14-18(11-27)15-32/h2-5,12-13,17-18,25H,6-11,14-16H2,1H3,(H,30,31)/t17-,25?/m1/s1. The normalized spacial score (nSPS) is 24.7. The first-order valence-corrected chi connectivity index (χ1v) is 12.3. The molecule has 6 nitrogen and oxygen atoms in total.